The Kier molecular flexibility index (Phi) is 4.36. The Morgan fingerprint density at radius 3 is 2.76 bits per heavy atom. The lowest BCUT2D eigenvalue weighted by molar-refractivity contribution is 0.346. The molecule has 2 aromatic rings. The van der Waals surface area contributed by atoms with Crippen molar-refractivity contribution in [2.24, 2.45) is 17.7 Å². The average Bonchev–Trinajstić information content (AvgIpc) is 3.19. The van der Waals surface area contributed by atoms with E-state index in [-0.39, 0.29) is 6.04 Å². The summed E-state index contributed by atoms with van der Waals surface area (Å²) < 4.78 is 2.00. The van der Waals surface area contributed by atoms with Crippen LogP contribution in [0.4, 0.5) is 0 Å². The van der Waals surface area contributed by atoms with E-state index in [0.29, 0.717) is 5.92 Å². The molecule has 1 fully saturated rings. The minimum absolute atomic E-state index is 0.171. The molecule has 1 saturated carbocycles. The lowest BCUT2D eigenvalue weighted by atomic mass is 9.94. The van der Waals surface area contributed by atoms with Crippen LogP contribution in [0.2, 0.25) is 0 Å². The van der Waals surface area contributed by atoms with Crippen LogP contribution in [0.5, 0.6) is 0 Å². The summed E-state index contributed by atoms with van der Waals surface area (Å²) in [4.78, 5) is 0. The fourth-order valence-electron chi connectivity index (χ4n) is 3.58. The molecule has 3 N–H and O–H groups in total. The molecule has 0 bridgehead atoms. The van der Waals surface area contributed by atoms with Gasteiger partial charge in [0.2, 0.25) is 0 Å². The molecule has 3 unspecified atom stereocenters. The lowest BCUT2D eigenvalue weighted by Crippen LogP contribution is -2.34. The Morgan fingerprint density at radius 2 is 2.10 bits per heavy atom. The molecule has 1 aliphatic rings. The summed E-state index contributed by atoms with van der Waals surface area (Å²) in [7, 11) is 0. The van der Waals surface area contributed by atoms with Crippen molar-refractivity contribution in [3.05, 3.63) is 48.3 Å². The van der Waals surface area contributed by atoms with E-state index in [9.17, 15) is 0 Å². The first-order valence-electron chi connectivity index (χ1n) is 7.89. The van der Waals surface area contributed by atoms with Crippen molar-refractivity contribution in [2.75, 3.05) is 0 Å². The zero-order valence-corrected chi connectivity index (χ0v) is 12.6. The molecule has 1 aromatic heterocycles. The van der Waals surface area contributed by atoms with Crippen molar-refractivity contribution in [1.29, 1.82) is 0 Å². The quantitative estimate of drug-likeness (QED) is 0.655. The predicted octanol–water partition coefficient (Wildman–Crippen LogP) is 3.20. The second-order valence-corrected chi connectivity index (χ2v) is 6.00. The van der Waals surface area contributed by atoms with Crippen molar-refractivity contribution < 1.29 is 0 Å². The van der Waals surface area contributed by atoms with Crippen molar-refractivity contribution in [3.63, 3.8) is 0 Å². The third-order valence-corrected chi connectivity index (χ3v) is 4.80. The molecule has 0 saturated heterocycles. The van der Waals surface area contributed by atoms with Crippen LogP contribution >= 0.6 is 0 Å². The zero-order valence-electron chi connectivity index (χ0n) is 12.6. The van der Waals surface area contributed by atoms with Gasteiger partial charge < -0.3 is 0 Å². The standard InChI is InChI=1S/C17H24N4/c1-2-13-8-9-14(12-13)17(20-18)16-10-11-19-21(16)15-6-4-3-5-7-15/h3-7,10-11,13-14,17,20H,2,8-9,12,18H2,1H3. The summed E-state index contributed by atoms with van der Waals surface area (Å²) in [6.45, 7) is 2.28. The number of rotatable bonds is 5. The van der Waals surface area contributed by atoms with Gasteiger partial charge in [0.15, 0.2) is 0 Å². The number of hydrogen-bond acceptors (Lipinski definition) is 3. The maximum atomic E-state index is 5.89. The van der Waals surface area contributed by atoms with Gasteiger partial charge in [0, 0.05) is 6.20 Å². The first-order valence-corrected chi connectivity index (χ1v) is 7.89. The van der Waals surface area contributed by atoms with E-state index in [2.05, 4.69) is 35.6 Å². The Balaban J connectivity index is 1.87. The second-order valence-electron chi connectivity index (χ2n) is 6.00. The topological polar surface area (TPSA) is 55.9 Å². The Morgan fingerprint density at radius 1 is 1.29 bits per heavy atom. The van der Waals surface area contributed by atoms with Gasteiger partial charge in [-0.05, 0) is 42.9 Å². The second kappa shape index (κ2) is 6.41. The van der Waals surface area contributed by atoms with E-state index in [4.69, 9.17) is 5.84 Å². The summed E-state index contributed by atoms with van der Waals surface area (Å²) in [5.74, 6) is 7.33. The molecular formula is C17H24N4. The van der Waals surface area contributed by atoms with Crippen LogP contribution < -0.4 is 11.3 Å². The first kappa shape index (κ1) is 14.3. The normalized spacial score (nSPS) is 23.3. The summed E-state index contributed by atoms with van der Waals surface area (Å²) >= 11 is 0. The molecule has 0 amide bonds. The van der Waals surface area contributed by atoms with Gasteiger partial charge in [0.1, 0.15) is 0 Å². The zero-order chi connectivity index (χ0) is 14.7. The van der Waals surface area contributed by atoms with Crippen LogP contribution in [0, 0.1) is 11.8 Å². The number of aromatic nitrogens is 2. The van der Waals surface area contributed by atoms with Gasteiger partial charge in [0.05, 0.1) is 17.4 Å². The van der Waals surface area contributed by atoms with Gasteiger partial charge in [-0.3, -0.25) is 11.3 Å². The van der Waals surface area contributed by atoms with Crippen molar-refractivity contribution in [3.8, 4) is 5.69 Å². The smallest absolute Gasteiger partial charge is 0.0661 e. The number of para-hydroxylation sites is 1. The molecule has 0 spiro atoms. The molecule has 3 atom stereocenters. The molecule has 0 radical (unpaired) electrons. The van der Waals surface area contributed by atoms with Crippen LogP contribution in [-0.4, -0.2) is 9.78 Å². The van der Waals surface area contributed by atoms with Gasteiger partial charge in [0.25, 0.3) is 0 Å². The molecule has 3 rings (SSSR count). The SMILES string of the molecule is CCC1CCC(C(NN)c2ccnn2-c2ccccc2)C1. The Labute approximate surface area is 126 Å². The summed E-state index contributed by atoms with van der Waals surface area (Å²) in [6, 6.07) is 12.5. The van der Waals surface area contributed by atoms with E-state index in [1.54, 1.807) is 0 Å². The van der Waals surface area contributed by atoms with Crippen LogP contribution in [0.15, 0.2) is 42.6 Å². The number of nitrogens with zero attached hydrogens (tertiary/aromatic N) is 2. The monoisotopic (exact) mass is 284 g/mol. The largest absolute Gasteiger partial charge is 0.271 e. The van der Waals surface area contributed by atoms with Gasteiger partial charge in [-0.25, -0.2) is 4.68 Å². The molecule has 1 aliphatic carbocycles. The molecule has 0 aliphatic heterocycles. The first-order chi connectivity index (χ1) is 10.3. The van der Waals surface area contributed by atoms with Crippen molar-refractivity contribution in [2.45, 2.75) is 38.6 Å². The molecule has 4 nitrogen and oxygen atoms in total. The van der Waals surface area contributed by atoms with Gasteiger partial charge in [-0.1, -0.05) is 38.0 Å². The van der Waals surface area contributed by atoms with Gasteiger partial charge >= 0.3 is 0 Å². The molecule has 1 aromatic carbocycles. The molecular weight excluding hydrogens is 260 g/mol. The van der Waals surface area contributed by atoms with E-state index in [1.807, 2.05) is 29.1 Å². The molecule has 4 heteroatoms. The number of hydrazine groups is 1. The number of nitrogens with two attached hydrogens (primary N) is 1. The van der Waals surface area contributed by atoms with E-state index < -0.39 is 0 Å². The molecule has 21 heavy (non-hydrogen) atoms. The van der Waals surface area contributed by atoms with E-state index in [0.717, 1.165) is 17.3 Å². The minimum atomic E-state index is 0.171. The minimum Gasteiger partial charge on any atom is -0.271 e. The summed E-state index contributed by atoms with van der Waals surface area (Å²) in [5.41, 5.74) is 5.28. The van der Waals surface area contributed by atoms with Crippen molar-refractivity contribution >= 4 is 0 Å². The van der Waals surface area contributed by atoms with Gasteiger partial charge in [-0.2, -0.15) is 5.10 Å². The Hall–Kier alpha value is -1.65. The molecule has 112 valence electrons. The third kappa shape index (κ3) is 2.87. The summed E-state index contributed by atoms with van der Waals surface area (Å²) in [6.07, 6.45) is 6.95. The third-order valence-electron chi connectivity index (χ3n) is 4.80. The van der Waals surface area contributed by atoms with E-state index in [1.165, 1.54) is 25.7 Å². The van der Waals surface area contributed by atoms with Crippen LogP contribution in [0.25, 0.3) is 5.69 Å². The number of benzene rings is 1. The Bertz CT molecular complexity index is 563. The maximum absolute atomic E-state index is 5.89. The van der Waals surface area contributed by atoms with Crippen LogP contribution in [0.3, 0.4) is 0 Å². The fraction of sp³-hybridized carbons (Fsp3) is 0.471. The number of hydrogen-bond donors (Lipinski definition) is 2. The highest BCUT2D eigenvalue weighted by Gasteiger charge is 2.32. The number of nitrogens with one attached hydrogen (secondary N) is 1. The summed E-state index contributed by atoms with van der Waals surface area (Å²) in [5, 5.41) is 4.49. The average molecular weight is 284 g/mol. The van der Waals surface area contributed by atoms with Crippen LogP contribution in [0.1, 0.15) is 44.3 Å². The predicted molar refractivity (Wildman–Crippen MR) is 84.8 cm³/mol. The van der Waals surface area contributed by atoms with E-state index >= 15 is 0 Å². The maximum Gasteiger partial charge on any atom is 0.0661 e. The fourth-order valence-corrected chi connectivity index (χ4v) is 3.58. The molecule has 1 heterocycles. The van der Waals surface area contributed by atoms with Gasteiger partial charge in [-0.15, -0.1) is 0 Å². The highest BCUT2D eigenvalue weighted by Crippen LogP contribution is 2.40. The highest BCUT2D eigenvalue weighted by molar-refractivity contribution is 5.33. The highest BCUT2D eigenvalue weighted by atomic mass is 15.3. The van der Waals surface area contributed by atoms with Crippen molar-refractivity contribution in [1.82, 2.24) is 15.2 Å². The van der Waals surface area contributed by atoms with Crippen LogP contribution in [-0.2, 0) is 0 Å². The lowest BCUT2D eigenvalue weighted by Gasteiger charge is -2.24.